The fraction of sp³-hybridized carbons (Fsp3) is 0.250. The zero-order valence-corrected chi connectivity index (χ0v) is 8.96. The van der Waals surface area contributed by atoms with Gasteiger partial charge in [-0.05, 0) is 17.7 Å². The molecule has 0 radical (unpaired) electrons. The lowest BCUT2D eigenvalue weighted by atomic mass is 10.1. The van der Waals surface area contributed by atoms with Gasteiger partial charge in [-0.2, -0.15) is 0 Å². The Kier molecular flexibility index (Phi) is 3.22. The van der Waals surface area contributed by atoms with Crippen molar-refractivity contribution < 1.29 is 14.3 Å². The summed E-state index contributed by atoms with van der Waals surface area (Å²) in [5.74, 6) is 1.13. The molecule has 2 rings (SSSR count). The highest BCUT2D eigenvalue weighted by Crippen LogP contribution is 2.18. The summed E-state index contributed by atoms with van der Waals surface area (Å²) >= 11 is 0. The van der Waals surface area contributed by atoms with Gasteiger partial charge in [-0.3, -0.25) is 0 Å². The molecule has 0 saturated carbocycles. The van der Waals surface area contributed by atoms with E-state index in [1.807, 2.05) is 6.07 Å². The summed E-state index contributed by atoms with van der Waals surface area (Å²) in [6.07, 6.45) is 3.07. The van der Waals surface area contributed by atoms with Crippen molar-refractivity contribution in [3.63, 3.8) is 0 Å². The number of hydrogen-bond donors (Lipinski definition) is 1. The zero-order chi connectivity index (χ0) is 11.4. The molecule has 0 bridgehead atoms. The summed E-state index contributed by atoms with van der Waals surface area (Å²) in [6, 6.07) is 7.15. The molecule has 0 amide bonds. The topological polar surface area (TPSA) is 55.5 Å². The highest BCUT2D eigenvalue weighted by atomic mass is 16.5. The number of methoxy groups -OCH3 is 1. The molecule has 0 spiro atoms. The number of nitrogens with zero attached hydrogens (tertiary/aromatic N) is 1. The van der Waals surface area contributed by atoms with Crippen LogP contribution in [-0.4, -0.2) is 17.2 Å². The number of furan rings is 1. The van der Waals surface area contributed by atoms with Crippen molar-refractivity contribution >= 4 is 0 Å². The van der Waals surface area contributed by atoms with Gasteiger partial charge in [0.2, 0.25) is 5.88 Å². The molecule has 2 heterocycles. The lowest BCUT2D eigenvalue weighted by molar-refractivity contribution is 0.150. The minimum absolute atomic E-state index is 0.477. The number of rotatable bonds is 4. The van der Waals surface area contributed by atoms with Crippen LogP contribution in [-0.2, 0) is 6.42 Å². The van der Waals surface area contributed by atoms with Gasteiger partial charge in [0.1, 0.15) is 11.9 Å². The van der Waals surface area contributed by atoms with Gasteiger partial charge in [0, 0.05) is 18.7 Å². The molecule has 1 N–H and O–H groups in total. The molecule has 0 aliphatic carbocycles. The van der Waals surface area contributed by atoms with E-state index in [4.69, 9.17) is 9.15 Å². The summed E-state index contributed by atoms with van der Waals surface area (Å²) in [7, 11) is 1.57. The van der Waals surface area contributed by atoms with E-state index in [0.717, 1.165) is 5.56 Å². The van der Waals surface area contributed by atoms with E-state index in [1.165, 1.54) is 0 Å². The van der Waals surface area contributed by atoms with Crippen molar-refractivity contribution in [3.8, 4) is 5.88 Å². The molecule has 2 aromatic rings. The second-order valence-corrected chi connectivity index (χ2v) is 3.44. The van der Waals surface area contributed by atoms with Crippen LogP contribution in [0.1, 0.15) is 17.4 Å². The van der Waals surface area contributed by atoms with Gasteiger partial charge in [-0.15, -0.1) is 0 Å². The maximum atomic E-state index is 9.84. The molecule has 1 atom stereocenters. The first-order valence-electron chi connectivity index (χ1n) is 5.00. The molecule has 0 saturated heterocycles. The first kappa shape index (κ1) is 10.7. The second kappa shape index (κ2) is 4.81. The van der Waals surface area contributed by atoms with Crippen LogP contribution in [0.4, 0.5) is 0 Å². The fourth-order valence-corrected chi connectivity index (χ4v) is 1.46. The van der Waals surface area contributed by atoms with Gasteiger partial charge >= 0.3 is 0 Å². The predicted octanol–water partition coefficient (Wildman–Crippen LogP) is 1.96. The summed E-state index contributed by atoms with van der Waals surface area (Å²) in [6.45, 7) is 0. The monoisotopic (exact) mass is 219 g/mol. The molecular formula is C12H13NO3. The Morgan fingerprint density at radius 3 is 2.88 bits per heavy atom. The van der Waals surface area contributed by atoms with Crippen molar-refractivity contribution in [3.05, 3.63) is 48.0 Å². The normalized spacial score (nSPS) is 12.4. The van der Waals surface area contributed by atoms with E-state index < -0.39 is 6.10 Å². The van der Waals surface area contributed by atoms with E-state index in [2.05, 4.69) is 4.98 Å². The first-order chi connectivity index (χ1) is 7.79. The van der Waals surface area contributed by atoms with E-state index >= 15 is 0 Å². The van der Waals surface area contributed by atoms with Gasteiger partial charge in [0.25, 0.3) is 0 Å². The molecular weight excluding hydrogens is 206 g/mol. The summed E-state index contributed by atoms with van der Waals surface area (Å²) in [4.78, 5) is 4.07. The number of aromatic nitrogens is 1. The number of pyridine rings is 1. The third kappa shape index (κ3) is 2.41. The average molecular weight is 219 g/mol. The van der Waals surface area contributed by atoms with Crippen LogP contribution < -0.4 is 4.74 Å². The largest absolute Gasteiger partial charge is 0.481 e. The summed E-state index contributed by atoms with van der Waals surface area (Å²) < 4.78 is 10.1. The average Bonchev–Trinajstić information content (AvgIpc) is 2.83. The van der Waals surface area contributed by atoms with Crippen molar-refractivity contribution in [2.75, 3.05) is 7.11 Å². The first-order valence-corrected chi connectivity index (χ1v) is 5.00. The number of ether oxygens (including phenoxy) is 1. The van der Waals surface area contributed by atoms with E-state index in [-0.39, 0.29) is 0 Å². The van der Waals surface area contributed by atoms with Crippen molar-refractivity contribution in [2.24, 2.45) is 0 Å². The molecule has 0 aromatic carbocycles. The summed E-state index contributed by atoms with van der Waals surface area (Å²) in [5.41, 5.74) is 0.935. The van der Waals surface area contributed by atoms with Crippen LogP contribution in [0.2, 0.25) is 0 Å². The molecule has 16 heavy (non-hydrogen) atoms. The lowest BCUT2D eigenvalue weighted by Crippen LogP contribution is -2.01. The van der Waals surface area contributed by atoms with E-state index in [1.54, 1.807) is 37.8 Å². The molecule has 1 unspecified atom stereocenters. The van der Waals surface area contributed by atoms with E-state index in [9.17, 15) is 5.11 Å². The van der Waals surface area contributed by atoms with Gasteiger partial charge in [-0.1, -0.05) is 6.07 Å². The highest BCUT2D eigenvalue weighted by molar-refractivity contribution is 5.19. The Morgan fingerprint density at radius 2 is 2.31 bits per heavy atom. The van der Waals surface area contributed by atoms with E-state index in [0.29, 0.717) is 18.1 Å². The minimum atomic E-state index is -0.634. The molecule has 2 aromatic heterocycles. The number of aliphatic hydroxyl groups excluding tert-OH is 1. The van der Waals surface area contributed by atoms with Crippen molar-refractivity contribution in [2.45, 2.75) is 12.5 Å². The Labute approximate surface area is 93.5 Å². The summed E-state index contributed by atoms with van der Waals surface area (Å²) in [5, 5.41) is 9.84. The lowest BCUT2D eigenvalue weighted by Gasteiger charge is -2.07. The fourth-order valence-electron chi connectivity index (χ4n) is 1.46. The number of aliphatic hydroxyl groups is 1. The van der Waals surface area contributed by atoms with Crippen LogP contribution in [0.25, 0.3) is 0 Å². The maximum absolute atomic E-state index is 9.84. The molecule has 0 fully saturated rings. The minimum Gasteiger partial charge on any atom is -0.481 e. The zero-order valence-electron chi connectivity index (χ0n) is 8.96. The second-order valence-electron chi connectivity index (χ2n) is 3.44. The Hall–Kier alpha value is -1.81. The van der Waals surface area contributed by atoms with Gasteiger partial charge in [0.05, 0.1) is 13.4 Å². The predicted molar refractivity (Wildman–Crippen MR) is 58.2 cm³/mol. The Bertz CT molecular complexity index is 422. The molecule has 84 valence electrons. The van der Waals surface area contributed by atoms with Gasteiger partial charge in [0.15, 0.2) is 0 Å². The molecule has 4 nitrogen and oxygen atoms in total. The molecule has 0 aliphatic heterocycles. The van der Waals surface area contributed by atoms with Crippen LogP contribution >= 0.6 is 0 Å². The van der Waals surface area contributed by atoms with Crippen molar-refractivity contribution in [1.29, 1.82) is 0 Å². The van der Waals surface area contributed by atoms with Crippen LogP contribution in [0.3, 0.4) is 0 Å². The maximum Gasteiger partial charge on any atom is 0.212 e. The van der Waals surface area contributed by atoms with Gasteiger partial charge < -0.3 is 14.3 Å². The van der Waals surface area contributed by atoms with Crippen LogP contribution in [0, 0.1) is 0 Å². The highest BCUT2D eigenvalue weighted by Gasteiger charge is 2.11. The standard InChI is InChI=1S/C12H13NO3/c1-15-12-5-4-9(8-13-12)7-10(14)11-3-2-6-16-11/h2-6,8,10,14H,7H2,1H3. The smallest absolute Gasteiger partial charge is 0.212 e. The molecule has 4 heteroatoms. The van der Waals surface area contributed by atoms with Crippen molar-refractivity contribution in [1.82, 2.24) is 4.98 Å². The third-order valence-electron chi connectivity index (χ3n) is 2.31. The SMILES string of the molecule is COc1ccc(CC(O)c2ccco2)cn1. The third-order valence-corrected chi connectivity index (χ3v) is 2.31. The number of hydrogen-bond acceptors (Lipinski definition) is 4. The Morgan fingerprint density at radius 1 is 1.44 bits per heavy atom. The van der Waals surface area contributed by atoms with Gasteiger partial charge in [-0.25, -0.2) is 4.98 Å². The Balaban J connectivity index is 2.03. The quantitative estimate of drug-likeness (QED) is 0.854. The van der Waals surface area contributed by atoms with Crippen LogP contribution in [0.5, 0.6) is 5.88 Å². The van der Waals surface area contributed by atoms with Crippen LogP contribution in [0.15, 0.2) is 41.1 Å². The molecule has 0 aliphatic rings.